The number of hydrogen-bond donors (Lipinski definition) is 1. The zero-order chi connectivity index (χ0) is 24.5. The molecule has 3 aromatic carbocycles. The van der Waals surface area contributed by atoms with E-state index >= 15 is 0 Å². The van der Waals surface area contributed by atoms with Gasteiger partial charge in [-0.2, -0.15) is 5.10 Å². The highest BCUT2D eigenvalue weighted by Gasteiger charge is 2.24. The average Bonchev–Trinajstić information content (AvgIpc) is 3.23. The molecule has 34 heavy (non-hydrogen) atoms. The monoisotopic (exact) mass is 476 g/mol. The Labute approximate surface area is 195 Å². The van der Waals surface area contributed by atoms with Crippen molar-refractivity contribution in [3.63, 3.8) is 0 Å². The number of hydrogen-bond acceptors (Lipinski definition) is 6. The number of nitro groups is 1. The van der Waals surface area contributed by atoms with E-state index in [2.05, 4.69) is 10.5 Å². The lowest BCUT2D eigenvalue weighted by Gasteiger charge is -2.07. The molecule has 1 heterocycles. The van der Waals surface area contributed by atoms with Crippen LogP contribution in [0.5, 0.6) is 0 Å². The lowest BCUT2D eigenvalue weighted by Crippen LogP contribution is -2.19. The molecule has 1 N–H and O–H groups in total. The van der Waals surface area contributed by atoms with Gasteiger partial charge in [-0.15, -0.1) is 0 Å². The van der Waals surface area contributed by atoms with Crippen LogP contribution in [0.3, 0.4) is 0 Å². The summed E-state index contributed by atoms with van der Waals surface area (Å²) < 4.78 is 27.8. The summed E-state index contributed by atoms with van der Waals surface area (Å²) in [5.74, 6) is -0.443. The summed E-state index contributed by atoms with van der Waals surface area (Å²) in [5.41, 5.74) is 4.43. The molecule has 0 aliphatic heterocycles. The van der Waals surface area contributed by atoms with Crippen LogP contribution in [0.25, 0.3) is 10.9 Å². The first kappa shape index (κ1) is 22.9. The number of hydrazone groups is 1. The minimum Gasteiger partial charge on any atom is -0.267 e. The number of carbonyl (C=O) groups excluding carboxylic acids is 1. The Kier molecular flexibility index (Phi) is 5.99. The Hall–Kier alpha value is -4.31. The molecule has 0 radical (unpaired) electrons. The van der Waals surface area contributed by atoms with E-state index < -0.39 is 20.9 Å². The van der Waals surface area contributed by atoms with Gasteiger partial charge in [0.05, 0.1) is 21.0 Å². The summed E-state index contributed by atoms with van der Waals surface area (Å²) in [4.78, 5) is 23.2. The van der Waals surface area contributed by atoms with Crippen LogP contribution in [-0.4, -0.2) is 28.9 Å². The molecule has 0 atom stereocenters. The van der Waals surface area contributed by atoms with Crippen molar-refractivity contribution in [2.75, 3.05) is 0 Å². The fourth-order valence-electron chi connectivity index (χ4n) is 3.46. The number of rotatable bonds is 6. The van der Waals surface area contributed by atoms with Gasteiger partial charge in [0.25, 0.3) is 21.6 Å². The minimum atomic E-state index is -4.00. The van der Waals surface area contributed by atoms with Crippen LogP contribution in [0.2, 0.25) is 0 Å². The van der Waals surface area contributed by atoms with Crippen LogP contribution in [0.15, 0.2) is 89.0 Å². The molecule has 9 nitrogen and oxygen atoms in total. The van der Waals surface area contributed by atoms with Crippen molar-refractivity contribution < 1.29 is 18.1 Å². The molecule has 0 aliphatic carbocycles. The molecule has 0 bridgehead atoms. The molecular formula is C24H20N4O5S. The van der Waals surface area contributed by atoms with Crippen LogP contribution >= 0.6 is 0 Å². The Balaban J connectivity index is 1.83. The Morgan fingerprint density at radius 1 is 1.03 bits per heavy atom. The quantitative estimate of drug-likeness (QED) is 0.253. The molecule has 0 aliphatic rings. The average molecular weight is 477 g/mol. The van der Waals surface area contributed by atoms with Crippen molar-refractivity contribution >= 4 is 38.2 Å². The van der Waals surface area contributed by atoms with Gasteiger partial charge in [-0.25, -0.2) is 17.8 Å². The van der Waals surface area contributed by atoms with Gasteiger partial charge in [-0.05, 0) is 44.2 Å². The molecule has 4 aromatic rings. The van der Waals surface area contributed by atoms with E-state index in [0.29, 0.717) is 16.5 Å². The molecule has 0 unspecified atom stereocenters. The third-order valence-electron chi connectivity index (χ3n) is 5.29. The highest BCUT2D eigenvalue weighted by atomic mass is 32.2. The summed E-state index contributed by atoms with van der Waals surface area (Å²) in [6.07, 6.45) is 1.36. The molecule has 0 spiro atoms. The van der Waals surface area contributed by atoms with Crippen molar-refractivity contribution in [2.45, 2.75) is 18.7 Å². The second-order valence-corrected chi connectivity index (χ2v) is 9.43. The number of non-ortho nitro benzene ring substituents is 1. The van der Waals surface area contributed by atoms with Crippen molar-refractivity contribution in [2.24, 2.45) is 5.10 Å². The van der Waals surface area contributed by atoms with Crippen LogP contribution in [0, 0.1) is 17.0 Å². The molecule has 10 heteroatoms. The van der Waals surface area contributed by atoms with Gasteiger partial charge < -0.3 is 0 Å². The first-order valence-corrected chi connectivity index (χ1v) is 11.6. The van der Waals surface area contributed by atoms with Crippen LogP contribution in [-0.2, 0) is 10.0 Å². The summed E-state index contributed by atoms with van der Waals surface area (Å²) in [7, 11) is -4.00. The van der Waals surface area contributed by atoms with E-state index in [4.69, 9.17) is 0 Å². The number of fused-ring (bicyclic) bond motifs is 1. The Morgan fingerprint density at radius 2 is 1.71 bits per heavy atom. The van der Waals surface area contributed by atoms with Gasteiger partial charge in [0.15, 0.2) is 0 Å². The fraction of sp³-hybridized carbons (Fsp3) is 0.0833. The van der Waals surface area contributed by atoms with Gasteiger partial charge in [0.1, 0.15) is 0 Å². The third-order valence-corrected chi connectivity index (χ3v) is 6.98. The number of nitrogens with one attached hydrogen (secondary N) is 1. The zero-order valence-corrected chi connectivity index (χ0v) is 19.1. The second-order valence-electron chi connectivity index (χ2n) is 7.62. The molecule has 0 saturated heterocycles. The number of aromatic nitrogens is 1. The third kappa shape index (κ3) is 4.30. The second kappa shape index (κ2) is 8.91. The standard InChI is InChI=1S/C24H20N4O5S/c1-16-8-11-20(12-9-16)34(32,33)27-15-22(21-14-19(28(30)31)10-13-23(21)27)17(2)25-26-24(29)18-6-4-3-5-7-18/h3-15H,1-2H3,(H,26,29)/b25-17+. The molecule has 0 saturated carbocycles. The first-order chi connectivity index (χ1) is 16.2. The SMILES string of the molecule is C/C(=N\NC(=O)c1ccccc1)c1cn(S(=O)(=O)c2ccc(C)cc2)c2ccc([N+](=O)[O-])cc12. The van der Waals surface area contributed by atoms with Gasteiger partial charge in [-0.3, -0.25) is 14.9 Å². The van der Waals surface area contributed by atoms with E-state index in [1.165, 1.54) is 36.5 Å². The smallest absolute Gasteiger partial charge is 0.267 e. The molecule has 1 amide bonds. The van der Waals surface area contributed by atoms with Crippen molar-refractivity contribution in [1.29, 1.82) is 0 Å². The highest BCUT2D eigenvalue weighted by molar-refractivity contribution is 7.90. The summed E-state index contributed by atoms with van der Waals surface area (Å²) in [6, 6.07) is 18.8. The zero-order valence-electron chi connectivity index (χ0n) is 18.3. The summed E-state index contributed by atoms with van der Waals surface area (Å²) >= 11 is 0. The van der Waals surface area contributed by atoms with Crippen LogP contribution in [0.4, 0.5) is 5.69 Å². The maximum atomic E-state index is 13.4. The molecule has 0 fully saturated rings. The van der Waals surface area contributed by atoms with Gasteiger partial charge >= 0.3 is 0 Å². The number of nitrogens with zero attached hydrogens (tertiary/aromatic N) is 3. The maximum absolute atomic E-state index is 13.4. The largest absolute Gasteiger partial charge is 0.271 e. The predicted octanol–water partition coefficient (Wildman–Crippen LogP) is 4.25. The van der Waals surface area contributed by atoms with E-state index in [0.717, 1.165) is 9.54 Å². The summed E-state index contributed by atoms with van der Waals surface area (Å²) in [5, 5.41) is 15.8. The van der Waals surface area contributed by atoms with Crippen molar-refractivity contribution in [1.82, 2.24) is 9.40 Å². The highest BCUT2D eigenvalue weighted by Crippen LogP contribution is 2.30. The van der Waals surface area contributed by atoms with Crippen LogP contribution in [0.1, 0.15) is 28.4 Å². The first-order valence-electron chi connectivity index (χ1n) is 10.2. The number of aryl methyl sites for hydroxylation is 1. The van der Waals surface area contributed by atoms with E-state index in [-0.39, 0.29) is 21.8 Å². The Morgan fingerprint density at radius 3 is 2.35 bits per heavy atom. The van der Waals surface area contributed by atoms with Gasteiger partial charge in [0, 0.05) is 34.8 Å². The fourth-order valence-corrected chi connectivity index (χ4v) is 4.83. The lowest BCUT2D eigenvalue weighted by atomic mass is 10.1. The topological polar surface area (TPSA) is 124 Å². The van der Waals surface area contributed by atoms with Crippen LogP contribution < -0.4 is 5.43 Å². The summed E-state index contributed by atoms with van der Waals surface area (Å²) in [6.45, 7) is 3.43. The number of amides is 1. The number of nitro benzene ring substituents is 1. The molecular weight excluding hydrogens is 456 g/mol. The van der Waals surface area contributed by atoms with Gasteiger partial charge in [0.2, 0.25) is 0 Å². The van der Waals surface area contributed by atoms with E-state index in [9.17, 15) is 23.3 Å². The van der Waals surface area contributed by atoms with Crippen molar-refractivity contribution in [3.8, 4) is 0 Å². The van der Waals surface area contributed by atoms with E-state index in [1.807, 2.05) is 6.92 Å². The molecule has 1 aromatic heterocycles. The number of carbonyl (C=O) groups is 1. The molecule has 172 valence electrons. The minimum absolute atomic E-state index is 0.0758. The maximum Gasteiger partial charge on any atom is 0.271 e. The molecule has 4 rings (SSSR count). The Bertz CT molecular complexity index is 1540. The number of benzene rings is 3. The predicted molar refractivity (Wildman–Crippen MR) is 128 cm³/mol. The van der Waals surface area contributed by atoms with Gasteiger partial charge in [-0.1, -0.05) is 35.9 Å². The van der Waals surface area contributed by atoms with E-state index in [1.54, 1.807) is 49.4 Å². The van der Waals surface area contributed by atoms with Crippen molar-refractivity contribution in [3.05, 3.63) is 106 Å². The lowest BCUT2D eigenvalue weighted by molar-refractivity contribution is -0.384. The normalized spacial score (nSPS) is 12.0.